The number of amides is 1. The molecule has 1 aromatic rings. The SMILES string of the molecule is CN[C@@H](CC(C)C)C(=O)N1CCC(NOCc2cccc(C#N)c2)CC1. The van der Waals surface area contributed by atoms with Crippen LogP contribution in [-0.2, 0) is 16.2 Å². The number of nitrogens with zero attached hydrogens (tertiary/aromatic N) is 2. The van der Waals surface area contributed by atoms with Crippen LogP contribution in [0.15, 0.2) is 24.3 Å². The Labute approximate surface area is 156 Å². The van der Waals surface area contributed by atoms with Gasteiger partial charge >= 0.3 is 0 Å². The number of carbonyl (C=O) groups is 1. The zero-order valence-corrected chi connectivity index (χ0v) is 16.0. The molecule has 0 bridgehead atoms. The van der Waals surface area contributed by atoms with Crippen molar-refractivity contribution >= 4 is 5.91 Å². The van der Waals surface area contributed by atoms with E-state index < -0.39 is 0 Å². The zero-order valence-electron chi connectivity index (χ0n) is 16.0. The Kier molecular flexibility index (Phi) is 8.05. The molecular weight excluding hydrogens is 328 g/mol. The van der Waals surface area contributed by atoms with E-state index in [1.807, 2.05) is 30.1 Å². The molecule has 0 unspecified atom stereocenters. The van der Waals surface area contributed by atoms with Crippen molar-refractivity contribution in [1.82, 2.24) is 15.7 Å². The Morgan fingerprint density at radius 3 is 2.73 bits per heavy atom. The molecule has 1 aliphatic heterocycles. The summed E-state index contributed by atoms with van der Waals surface area (Å²) in [6.07, 6.45) is 2.61. The van der Waals surface area contributed by atoms with E-state index in [0.29, 0.717) is 18.1 Å². The highest BCUT2D eigenvalue weighted by atomic mass is 16.6. The third-order valence-corrected chi connectivity index (χ3v) is 4.71. The highest BCUT2D eigenvalue weighted by Gasteiger charge is 2.27. The molecule has 1 aromatic carbocycles. The predicted octanol–water partition coefficient (Wildman–Crippen LogP) is 2.20. The summed E-state index contributed by atoms with van der Waals surface area (Å²) in [5.41, 5.74) is 4.71. The zero-order chi connectivity index (χ0) is 18.9. The maximum atomic E-state index is 12.6. The van der Waals surface area contributed by atoms with E-state index in [4.69, 9.17) is 10.1 Å². The molecule has 1 heterocycles. The number of benzene rings is 1. The van der Waals surface area contributed by atoms with Gasteiger partial charge in [-0.25, -0.2) is 0 Å². The van der Waals surface area contributed by atoms with Gasteiger partial charge in [-0.1, -0.05) is 26.0 Å². The summed E-state index contributed by atoms with van der Waals surface area (Å²) in [5.74, 6) is 0.692. The van der Waals surface area contributed by atoms with Crippen LogP contribution in [0.25, 0.3) is 0 Å². The van der Waals surface area contributed by atoms with Gasteiger partial charge in [0, 0.05) is 19.1 Å². The second kappa shape index (κ2) is 10.3. The molecule has 142 valence electrons. The molecule has 2 rings (SSSR count). The van der Waals surface area contributed by atoms with Crippen molar-refractivity contribution in [2.24, 2.45) is 5.92 Å². The average molecular weight is 358 g/mol. The van der Waals surface area contributed by atoms with Gasteiger partial charge in [0.05, 0.1) is 24.3 Å². The maximum Gasteiger partial charge on any atom is 0.239 e. The number of hydrogen-bond donors (Lipinski definition) is 2. The molecule has 1 aliphatic rings. The van der Waals surface area contributed by atoms with Crippen molar-refractivity contribution in [1.29, 1.82) is 5.26 Å². The van der Waals surface area contributed by atoms with Gasteiger partial charge in [0.1, 0.15) is 0 Å². The van der Waals surface area contributed by atoms with E-state index in [1.54, 1.807) is 6.07 Å². The lowest BCUT2D eigenvalue weighted by Gasteiger charge is -2.34. The van der Waals surface area contributed by atoms with Crippen LogP contribution >= 0.6 is 0 Å². The van der Waals surface area contributed by atoms with Gasteiger partial charge in [-0.15, -0.1) is 0 Å². The quantitative estimate of drug-likeness (QED) is 0.697. The molecule has 1 fully saturated rings. The smallest absolute Gasteiger partial charge is 0.239 e. The predicted molar refractivity (Wildman–Crippen MR) is 101 cm³/mol. The first-order valence-corrected chi connectivity index (χ1v) is 9.36. The van der Waals surface area contributed by atoms with Crippen LogP contribution in [-0.4, -0.2) is 43.0 Å². The van der Waals surface area contributed by atoms with Crippen molar-refractivity contribution < 1.29 is 9.63 Å². The van der Waals surface area contributed by atoms with Crippen molar-refractivity contribution in [2.75, 3.05) is 20.1 Å². The minimum absolute atomic E-state index is 0.0943. The van der Waals surface area contributed by atoms with Gasteiger partial charge < -0.3 is 10.2 Å². The summed E-state index contributed by atoms with van der Waals surface area (Å²) in [7, 11) is 1.86. The summed E-state index contributed by atoms with van der Waals surface area (Å²) < 4.78 is 0. The third kappa shape index (κ3) is 6.10. The Morgan fingerprint density at radius 2 is 2.12 bits per heavy atom. The van der Waals surface area contributed by atoms with Gasteiger partial charge in [0.25, 0.3) is 0 Å². The molecule has 6 nitrogen and oxygen atoms in total. The van der Waals surface area contributed by atoms with Crippen LogP contribution in [0, 0.1) is 17.2 Å². The van der Waals surface area contributed by atoms with Crippen LogP contribution in [0.3, 0.4) is 0 Å². The van der Waals surface area contributed by atoms with Gasteiger partial charge in [-0.2, -0.15) is 10.7 Å². The number of nitriles is 1. The number of hydrogen-bond acceptors (Lipinski definition) is 5. The standard InChI is InChI=1S/C20H30N4O2/c1-15(2)11-19(22-3)20(25)24-9-7-18(8-10-24)23-26-14-17-6-4-5-16(12-17)13-21/h4-6,12,15,18-19,22-23H,7-11,14H2,1-3H3/t19-/m0/s1. The minimum atomic E-state index is -0.0943. The number of nitrogens with one attached hydrogen (secondary N) is 2. The Hall–Kier alpha value is -1.94. The van der Waals surface area contributed by atoms with E-state index in [0.717, 1.165) is 37.9 Å². The van der Waals surface area contributed by atoms with Crippen LogP contribution < -0.4 is 10.8 Å². The topological polar surface area (TPSA) is 77.4 Å². The Bertz CT molecular complexity index is 618. The summed E-state index contributed by atoms with van der Waals surface area (Å²) in [5, 5.41) is 12.1. The summed E-state index contributed by atoms with van der Waals surface area (Å²) >= 11 is 0. The highest BCUT2D eigenvalue weighted by molar-refractivity contribution is 5.82. The van der Waals surface area contributed by atoms with Crippen molar-refractivity contribution in [3.8, 4) is 6.07 Å². The van der Waals surface area contributed by atoms with E-state index in [9.17, 15) is 4.79 Å². The number of piperidine rings is 1. The third-order valence-electron chi connectivity index (χ3n) is 4.71. The first-order valence-electron chi connectivity index (χ1n) is 9.36. The summed E-state index contributed by atoms with van der Waals surface area (Å²) in [4.78, 5) is 20.2. The number of carbonyl (C=O) groups excluding carboxylic acids is 1. The molecule has 1 atom stereocenters. The molecule has 6 heteroatoms. The van der Waals surface area contributed by atoms with Crippen molar-refractivity contribution in [3.05, 3.63) is 35.4 Å². The largest absolute Gasteiger partial charge is 0.341 e. The molecule has 1 saturated heterocycles. The monoisotopic (exact) mass is 358 g/mol. The van der Waals surface area contributed by atoms with Gasteiger partial charge in [-0.3, -0.25) is 9.63 Å². The molecule has 1 amide bonds. The number of hydroxylamine groups is 1. The molecule has 0 radical (unpaired) electrons. The molecule has 0 aliphatic carbocycles. The average Bonchev–Trinajstić information content (AvgIpc) is 2.66. The van der Waals surface area contributed by atoms with E-state index in [1.165, 1.54) is 0 Å². The van der Waals surface area contributed by atoms with E-state index in [2.05, 4.69) is 30.7 Å². The van der Waals surface area contributed by atoms with Crippen molar-refractivity contribution in [3.63, 3.8) is 0 Å². The molecule has 2 N–H and O–H groups in total. The summed E-state index contributed by atoms with van der Waals surface area (Å²) in [6.45, 7) is 6.19. The fraction of sp³-hybridized carbons (Fsp3) is 0.600. The lowest BCUT2D eigenvalue weighted by atomic mass is 10.0. The van der Waals surface area contributed by atoms with E-state index in [-0.39, 0.29) is 18.0 Å². The van der Waals surface area contributed by atoms with Crippen molar-refractivity contribution in [2.45, 2.75) is 51.8 Å². The van der Waals surface area contributed by atoms with E-state index >= 15 is 0 Å². The fourth-order valence-electron chi connectivity index (χ4n) is 3.23. The van der Waals surface area contributed by atoms with Gasteiger partial charge in [0.15, 0.2) is 0 Å². The minimum Gasteiger partial charge on any atom is -0.341 e. The second-order valence-electron chi connectivity index (χ2n) is 7.29. The highest BCUT2D eigenvalue weighted by Crippen LogP contribution is 2.15. The maximum absolute atomic E-state index is 12.6. The number of likely N-dealkylation sites (N-methyl/N-ethyl adjacent to an activating group) is 1. The summed E-state index contributed by atoms with van der Waals surface area (Å²) in [6, 6.07) is 9.69. The fourth-order valence-corrected chi connectivity index (χ4v) is 3.23. The molecule has 0 aromatic heterocycles. The van der Waals surface area contributed by atoms with Crippen LogP contribution in [0.2, 0.25) is 0 Å². The Balaban J connectivity index is 1.72. The molecule has 0 spiro atoms. The van der Waals surface area contributed by atoms with Gasteiger partial charge in [0.2, 0.25) is 5.91 Å². The normalized spacial score (nSPS) is 16.5. The van der Waals surface area contributed by atoms with Gasteiger partial charge in [-0.05, 0) is 49.9 Å². The lowest BCUT2D eigenvalue weighted by molar-refractivity contribution is -0.135. The second-order valence-corrected chi connectivity index (χ2v) is 7.29. The number of rotatable bonds is 8. The van der Waals surface area contributed by atoms with Crippen LogP contribution in [0.5, 0.6) is 0 Å². The molecule has 0 saturated carbocycles. The number of likely N-dealkylation sites (tertiary alicyclic amines) is 1. The lowest BCUT2D eigenvalue weighted by Crippen LogP contribution is -2.51. The first-order chi connectivity index (χ1) is 12.5. The Morgan fingerprint density at radius 1 is 1.38 bits per heavy atom. The van der Waals surface area contributed by atoms with Crippen LogP contribution in [0.1, 0.15) is 44.2 Å². The van der Waals surface area contributed by atoms with Crippen LogP contribution in [0.4, 0.5) is 0 Å². The molecular formula is C20H30N4O2. The first kappa shape index (κ1) is 20.4. The molecule has 26 heavy (non-hydrogen) atoms.